The Hall–Kier alpha value is -2.52. The van der Waals surface area contributed by atoms with Crippen molar-refractivity contribution in [1.29, 1.82) is 0 Å². The summed E-state index contributed by atoms with van der Waals surface area (Å²) in [6, 6.07) is 19.6. The van der Waals surface area contributed by atoms with Gasteiger partial charge in [-0.15, -0.1) is 24.8 Å². The molecule has 214 valence electrons. The number of rotatable bonds is 19. The van der Waals surface area contributed by atoms with E-state index in [0.29, 0.717) is 26.2 Å². The van der Waals surface area contributed by atoms with Crippen molar-refractivity contribution in [3.63, 3.8) is 0 Å². The summed E-state index contributed by atoms with van der Waals surface area (Å²) in [5.41, 5.74) is 2.19. The first-order chi connectivity index (χ1) is 17.7. The van der Waals surface area contributed by atoms with Crippen LogP contribution in [0.4, 0.5) is 9.59 Å². The Balaban J connectivity index is 0.00000684. The third-order valence-corrected chi connectivity index (χ3v) is 5.68. The fourth-order valence-electron chi connectivity index (χ4n) is 3.62. The van der Waals surface area contributed by atoms with Gasteiger partial charge in [-0.05, 0) is 63.0 Å². The molecule has 0 radical (unpaired) electrons. The van der Waals surface area contributed by atoms with Gasteiger partial charge in [0.2, 0.25) is 0 Å². The first-order valence-corrected chi connectivity index (χ1v) is 13.3. The summed E-state index contributed by atoms with van der Waals surface area (Å²) in [6.45, 7) is 6.31. The van der Waals surface area contributed by atoms with Gasteiger partial charge in [0, 0.05) is 26.2 Å². The average Bonchev–Trinajstić information content (AvgIpc) is 2.91. The van der Waals surface area contributed by atoms with E-state index in [1.54, 1.807) is 0 Å². The van der Waals surface area contributed by atoms with Crippen LogP contribution >= 0.6 is 24.8 Å². The van der Waals surface area contributed by atoms with E-state index in [2.05, 4.69) is 31.9 Å². The number of urea groups is 2. The van der Waals surface area contributed by atoms with E-state index in [4.69, 9.17) is 0 Å². The first-order valence-electron chi connectivity index (χ1n) is 13.3. The maximum absolute atomic E-state index is 11.8. The third-order valence-electron chi connectivity index (χ3n) is 5.68. The summed E-state index contributed by atoms with van der Waals surface area (Å²) < 4.78 is 0. The Kier molecular flexibility index (Phi) is 23.2. The number of benzene rings is 2. The lowest BCUT2D eigenvalue weighted by Crippen LogP contribution is -2.36. The van der Waals surface area contributed by atoms with Crippen molar-refractivity contribution in [3.05, 3.63) is 71.8 Å². The molecule has 0 aliphatic carbocycles. The lowest BCUT2D eigenvalue weighted by Gasteiger charge is -2.09. The molecule has 0 fully saturated rings. The summed E-state index contributed by atoms with van der Waals surface area (Å²) in [5.74, 6) is 0. The highest BCUT2D eigenvalue weighted by molar-refractivity contribution is 5.85. The minimum absolute atomic E-state index is 0. The summed E-state index contributed by atoms with van der Waals surface area (Å²) in [5, 5.41) is 18.4. The fourth-order valence-corrected chi connectivity index (χ4v) is 3.62. The predicted octanol–water partition coefficient (Wildman–Crippen LogP) is 4.35. The van der Waals surface area contributed by atoms with E-state index < -0.39 is 0 Å². The van der Waals surface area contributed by atoms with Gasteiger partial charge >= 0.3 is 12.1 Å². The lowest BCUT2D eigenvalue weighted by molar-refractivity contribution is 0.239. The van der Waals surface area contributed by atoms with Gasteiger partial charge in [0.05, 0.1) is 0 Å². The topological polar surface area (TPSA) is 106 Å². The molecular weight excluding hydrogens is 523 g/mol. The van der Waals surface area contributed by atoms with Gasteiger partial charge in [0.25, 0.3) is 0 Å². The molecular formula is C28H46Cl2N6O2. The largest absolute Gasteiger partial charge is 0.338 e. The molecule has 0 heterocycles. The van der Waals surface area contributed by atoms with E-state index in [1.165, 1.54) is 25.7 Å². The van der Waals surface area contributed by atoms with E-state index in [-0.39, 0.29) is 36.9 Å². The molecule has 4 amide bonds. The Morgan fingerprint density at radius 1 is 0.447 bits per heavy atom. The predicted molar refractivity (Wildman–Crippen MR) is 161 cm³/mol. The number of hydrogen-bond donors (Lipinski definition) is 6. The molecule has 0 saturated heterocycles. The zero-order valence-corrected chi connectivity index (χ0v) is 23.9. The summed E-state index contributed by atoms with van der Waals surface area (Å²) in [7, 11) is 0. The van der Waals surface area contributed by atoms with Gasteiger partial charge in [-0.2, -0.15) is 0 Å². The molecule has 0 aliphatic heterocycles. The molecule has 0 unspecified atom stereocenters. The summed E-state index contributed by atoms with van der Waals surface area (Å²) in [6.07, 6.45) is 6.63. The number of halogens is 2. The minimum Gasteiger partial charge on any atom is -0.338 e. The molecule has 6 N–H and O–H groups in total. The van der Waals surface area contributed by atoms with Crippen LogP contribution in [0.25, 0.3) is 0 Å². The van der Waals surface area contributed by atoms with Crippen molar-refractivity contribution < 1.29 is 9.59 Å². The highest BCUT2D eigenvalue weighted by Gasteiger charge is 2.00. The monoisotopic (exact) mass is 568 g/mol. The molecule has 0 bridgehead atoms. The van der Waals surface area contributed by atoms with E-state index >= 15 is 0 Å². The Morgan fingerprint density at radius 2 is 0.816 bits per heavy atom. The van der Waals surface area contributed by atoms with Crippen molar-refractivity contribution >= 4 is 36.9 Å². The minimum atomic E-state index is -0.118. The van der Waals surface area contributed by atoms with Crippen LogP contribution in [-0.4, -0.2) is 51.3 Å². The summed E-state index contributed by atoms with van der Waals surface area (Å²) in [4.78, 5) is 23.6. The first kappa shape index (κ1) is 35.5. The van der Waals surface area contributed by atoms with Crippen molar-refractivity contribution in [2.45, 2.75) is 51.6 Å². The zero-order chi connectivity index (χ0) is 25.5. The van der Waals surface area contributed by atoms with E-state index in [0.717, 1.165) is 50.1 Å². The number of nitrogens with one attached hydrogen (secondary N) is 6. The quantitative estimate of drug-likeness (QED) is 0.142. The van der Waals surface area contributed by atoms with E-state index in [1.807, 2.05) is 60.7 Å². The van der Waals surface area contributed by atoms with Gasteiger partial charge in [-0.1, -0.05) is 73.5 Å². The smallest absolute Gasteiger partial charge is 0.315 e. The number of unbranched alkanes of at least 4 members (excludes halogenated alkanes) is 3. The van der Waals surface area contributed by atoms with Gasteiger partial charge in [0.1, 0.15) is 0 Å². The maximum Gasteiger partial charge on any atom is 0.315 e. The number of carbonyl (C=O) groups is 2. The van der Waals surface area contributed by atoms with Crippen LogP contribution in [0.1, 0.15) is 49.7 Å². The molecule has 2 aromatic carbocycles. The maximum atomic E-state index is 11.8. The molecule has 0 aliphatic rings. The number of carbonyl (C=O) groups excluding carboxylic acids is 2. The van der Waals surface area contributed by atoms with Crippen molar-refractivity contribution in [2.24, 2.45) is 0 Å². The second-order valence-corrected chi connectivity index (χ2v) is 8.81. The van der Waals surface area contributed by atoms with Gasteiger partial charge in [0.15, 0.2) is 0 Å². The van der Waals surface area contributed by atoms with Crippen LogP contribution < -0.4 is 31.9 Å². The molecule has 0 atom stereocenters. The van der Waals surface area contributed by atoms with Crippen molar-refractivity contribution in [3.8, 4) is 0 Å². The SMILES string of the molecule is Cl.Cl.O=C(NCCCNCCCCCCNCCCNC(=O)NCc1ccccc1)NCc1ccccc1. The zero-order valence-electron chi connectivity index (χ0n) is 22.3. The van der Waals surface area contributed by atoms with Gasteiger partial charge < -0.3 is 31.9 Å². The summed E-state index contributed by atoms with van der Waals surface area (Å²) >= 11 is 0. The molecule has 8 nitrogen and oxygen atoms in total. The Labute approximate surface area is 240 Å². The third kappa shape index (κ3) is 19.6. The lowest BCUT2D eigenvalue weighted by atomic mass is 10.2. The number of amides is 4. The van der Waals surface area contributed by atoms with Gasteiger partial charge in [-0.3, -0.25) is 0 Å². The van der Waals surface area contributed by atoms with Crippen LogP contribution in [0.15, 0.2) is 60.7 Å². The Bertz CT molecular complexity index is 761. The van der Waals surface area contributed by atoms with Crippen LogP contribution in [0.3, 0.4) is 0 Å². The second-order valence-electron chi connectivity index (χ2n) is 8.81. The molecule has 0 saturated carbocycles. The standard InChI is InChI=1S/C28H44N6O2.2ClH/c35-27(33-23-25-13-5-3-6-14-25)31-21-11-19-29-17-9-1-2-10-18-30-20-12-22-32-28(36)34-24-26-15-7-4-8-16-26;;/h3-8,13-16,29-30H,1-2,9-12,17-24H2,(H2,31,33,35)(H2,32,34,36);2*1H. The van der Waals surface area contributed by atoms with Crippen LogP contribution in [0, 0.1) is 0 Å². The normalized spacial score (nSPS) is 10.0. The fraction of sp³-hybridized carbons (Fsp3) is 0.500. The average molecular weight is 570 g/mol. The second kappa shape index (κ2) is 24.8. The highest BCUT2D eigenvalue weighted by atomic mass is 35.5. The van der Waals surface area contributed by atoms with Crippen LogP contribution in [-0.2, 0) is 13.1 Å². The molecule has 2 aromatic rings. The van der Waals surface area contributed by atoms with Crippen molar-refractivity contribution in [1.82, 2.24) is 31.9 Å². The molecule has 10 heteroatoms. The number of hydrogen-bond acceptors (Lipinski definition) is 4. The van der Waals surface area contributed by atoms with E-state index in [9.17, 15) is 9.59 Å². The molecule has 0 spiro atoms. The van der Waals surface area contributed by atoms with Crippen molar-refractivity contribution in [2.75, 3.05) is 39.3 Å². The molecule has 0 aromatic heterocycles. The van der Waals surface area contributed by atoms with Gasteiger partial charge in [-0.25, -0.2) is 9.59 Å². The molecule has 38 heavy (non-hydrogen) atoms. The molecule has 2 rings (SSSR count). The van der Waals surface area contributed by atoms with Crippen LogP contribution in [0.2, 0.25) is 0 Å². The Morgan fingerprint density at radius 3 is 1.21 bits per heavy atom. The van der Waals surface area contributed by atoms with Crippen LogP contribution in [0.5, 0.6) is 0 Å². The highest BCUT2D eigenvalue weighted by Crippen LogP contribution is 1.99.